The molecule has 0 saturated heterocycles. The molecule has 4 nitrogen and oxygen atoms in total. The van der Waals surface area contributed by atoms with Crippen LogP contribution < -0.4 is 10.2 Å². The third-order valence-electron chi connectivity index (χ3n) is 4.22. The van der Waals surface area contributed by atoms with E-state index in [1.54, 1.807) is 11.8 Å². The number of hydrogen-bond donors (Lipinski definition) is 1. The molecule has 0 unspecified atom stereocenters. The Bertz CT molecular complexity index is 789. The number of rotatable bonds is 4. The van der Waals surface area contributed by atoms with Gasteiger partial charge in [0.25, 0.3) is 0 Å². The SMILES string of the molecule is CC(=O)N1CCc2cc(NC(=O)CCc3ccccc3Cl)ccc21. The first kappa shape index (κ1) is 16.5. The first-order valence-electron chi connectivity index (χ1n) is 7.99. The molecule has 1 heterocycles. The van der Waals surface area contributed by atoms with Crippen molar-refractivity contribution in [2.24, 2.45) is 0 Å². The average molecular weight is 343 g/mol. The molecular formula is C19H19ClN2O2. The molecule has 2 amide bonds. The van der Waals surface area contributed by atoms with Crippen LogP contribution in [0.5, 0.6) is 0 Å². The number of amides is 2. The van der Waals surface area contributed by atoms with E-state index < -0.39 is 0 Å². The molecule has 1 N–H and O–H groups in total. The number of anilines is 2. The molecule has 0 spiro atoms. The predicted molar refractivity (Wildman–Crippen MR) is 96.6 cm³/mol. The smallest absolute Gasteiger partial charge is 0.224 e. The van der Waals surface area contributed by atoms with Gasteiger partial charge in [-0.15, -0.1) is 0 Å². The van der Waals surface area contributed by atoms with E-state index in [2.05, 4.69) is 5.32 Å². The van der Waals surface area contributed by atoms with Crippen LogP contribution in [0.4, 0.5) is 11.4 Å². The number of fused-ring (bicyclic) bond motifs is 1. The van der Waals surface area contributed by atoms with Gasteiger partial charge in [-0.1, -0.05) is 29.8 Å². The van der Waals surface area contributed by atoms with Gasteiger partial charge in [0, 0.05) is 36.3 Å². The first-order valence-corrected chi connectivity index (χ1v) is 8.36. The zero-order chi connectivity index (χ0) is 17.1. The number of aryl methyl sites for hydroxylation is 1. The normalized spacial score (nSPS) is 12.8. The summed E-state index contributed by atoms with van der Waals surface area (Å²) in [5.74, 6) is 0.00145. The summed E-state index contributed by atoms with van der Waals surface area (Å²) in [5.41, 5.74) is 3.77. The highest BCUT2D eigenvalue weighted by molar-refractivity contribution is 6.31. The van der Waals surface area contributed by atoms with Crippen LogP contribution in [0, 0.1) is 0 Å². The maximum Gasteiger partial charge on any atom is 0.224 e. The van der Waals surface area contributed by atoms with Crippen molar-refractivity contribution in [1.29, 1.82) is 0 Å². The average Bonchev–Trinajstić information content (AvgIpc) is 2.97. The third kappa shape index (κ3) is 3.60. The first-order chi connectivity index (χ1) is 11.5. The molecule has 24 heavy (non-hydrogen) atoms. The van der Waals surface area contributed by atoms with Crippen LogP contribution in [0.1, 0.15) is 24.5 Å². The molecular weight excluding hydrogens is 324 g/mol. The minimum absolute atomic E-state index is 0.0451. The summed E-state index contributed by atoms with van der Waals surface area (Å²) in [6.45, 7) is 2.27. The van der Waals surface area contributed by atoms with E-state index >= 15 is 0 Å². The molecule has 0 saturated carbocycles. The van der Waals surface area contributed by atoms with Crippen molar-refractivity contribution < 1.29 is 9.59 Å². The van der Waals surface area contributed by atoms with Crippen molar-refractivity contribution in [3.05, 3.63) is 58.6 Å². The molecule has 3 rings (SSSR count). The Labute approximate surface area is 146 Å². The zero-order valence-electron chi connectivity index (χ0n) is 13.5. The van der Waals surface area contributed by atoms with Crippen LogP contribution in [0.3, 0.4) is 0 Å². The standard InChI is InChI=1S/C19H19ClN2O2/c1-13(23)22-11-10-15-12-16(7-8-18(15)22)21-19(24)9-6-14-4-2-3-5-17(14)20/h2-5,7-8,12H,6,9-11H2,1H3,(H,21,24). The highest BCUT2D eigenvalue weighted by Crippen LogP contribution is 2.30. The molecule has 0 aliphatic carbocycles. The summed E-state index contributed by atoms with van der Waals surface area (Å²) in [6.07, 6.45) is 1.80. The van der Waals surface area contributed by atoms with Gasteiger partial charge in [-0.25, -0.2) is 0 Å². The van der Waals surface area contributed by atoms with E-state index in [4.69, 9.17) is 11.6 Å². The molecule has 0 aromatic heterocycles. The van der Waals surface area contributed by atoms with Crippen molar-refractivity contribution in [3.8, 4) is 0 Å². The lowest BCUT2D eigenvalue weighted by Gasteiger charge is -2.15. The number of nitrogens with zero attached hydrogens (tertiary/aromatic N) is 1. The molecule has 0 radical (unpaired) electrons. The van der Waals surface area contributed by atoms with Crippen molar-refractivity contribution >= 4 is 34.8 Å². The number of carbonyl (C=O) groups excluding carboxylic acids is 2. The fourth-order valence-electron chi connectivity index (χ4n) is 2.98. The van der Waals surface area contributed by atoms with Crippen LogP contribution >= 0.6 is 11.6 Å². The van der Waals surface area contributed by atoms with E-state index in [0.717, 1.165) is 28.9 Å². The number of halogens is 1. The molecule has 0 fully saturated rings. The summed E-state index contributed by atoms with van der Waals surface area (Å²) >= 11 is 6.11. The molecule has 2 aromatic rings. The largest absolute Gasteiger partial charge is 0.326 e. The Morgan fingerprint density at radius 3 is 2.75 bits per heavy atom. The van der Waals surface area contributed by atoms with Crippen LogP contribution in [0.15, 0.2) is 42.5 Å². The number of nitrogens with one attached hydrogen (secondary N) is 1. The maximum atomic E-state index is 12.2. The van der Waals surface area contributed by atoms with Crippen LogP contribution in [0.2, 0.25) is 5.02 Å². The lowest BCUT2D eigenvalue weighted by Crippen LogP contribution is -2.25. The number of benzene rings is 2. The molecule has 1 aliphatic heterocycles. The van der Waals surface area contributed by atoms with Gasteiger partial charge in [0.15, 0.2) is 0 Å². The van der Waals surface area contributed by atoms with E-state index in [-0.39, 0.29) is 11.8 Å². The van der Waals surface area contributed by atoms with E-state index in [1.807, 2.05) is 42.5 Å². The van der Waals surface area contributed by atoms with Gasteiger partial charge in [0.2, 0.25) is 11.8 Å². The van der Waals surface area contributed by atoms with Crippen molar-refractivity contribution in [2.75, 3.05) is 16.8 Å². The fourth-order valence-corrected chi connectivity index (χ4v) is 3.21. The predicted octanol–water partition coefficient (Wildman–Crippen LogP) is 3.82. The number of hydrogen-bond acceptors (Lipinski definition) is 2. The summed E-state index contributed by atoms with van der Waals surface area (Å²) < 4.78 is 0. The second kappa shape index (κ2) is 7.05. The van der Waals surface area contributed by atoms with Gasteiger partial charge in [-0.2, -0.15) is 0 Å². The molecule has 0 atom stereocenters. The van der Waals surface area contributed by atoms with Crippen molar-refractivity contribution in [1.82, 2.24) is 0 Å². The van der Waals surface area contributed by atoms with Crippen molar-refractivity contribution in [3.63, 3.8) is 0 Å². The summed E-state index contributed by atoms with van der Waals surface area (Å²) in [4.78, 5) is 25.5. The van der Waals surface area contributed by atoms with Crippen LogP contribution in [-0.4, -0.2) is 18.4 Å². The Morgan fingerprint density at radius 2 is 2.00 bits per heavy atom. The fraction of sp³-hybridized carbons (Fsp3) is 0.263. The highest BCUT2D eigenvalue weighted by atomic mass is 35.5. The van der Waals surface area contributed by atoms with Gasteiger partial charge < -0.3 is 10.2 Å². The molecule has 5 heteroatoms. The third-order valence-corrected chi connectivity index (χ3v) is 4.59. The molecule has 124 valence electrons. The van der Waals surface area contributed by atoms with Crippen molar-refractivity contribution in [2.45, 2.75) is 26.2 Å². The van der Waals surface area contributed by atoms with Crippen LogP contribution in [0.25, 0.3) is 0 Å². The Morgan fingerprint density at radius 1 is 1.21 bits per heavy atom. The lowest BCUT2D eigenvalue weighted by molar-refractivity contribution is -0.117. The topological polar surface area (TPSA) is 49.4 Å². The van der Waals surface area contributed by atoms with Gasteiger partial charge in [-0.05, 0) is 48.2 Å². The maximum absolute atomic E-state index is 12.2. The zero-order valence-corrected chi connectivity index (χ0v) is 14.3. The highest BCUT2D eigenvalue weighted by Gasteiger charge is 2.22. The molecule has 2 aromatic carbocycles. The monoisotopic (exact) mass is 342 g/mol. The Kier molecular flexibility index (Phi) is 4.86. The molecule has 0 bridgehead atoms. The van der Waals surface area contributed by atoms with E-state index in [0.29, 0.717) is 24.4 Å². The minimum Gasteiger partial charge on any atom is -0.326 e. The Hall–Kier alpha value is -2.33. The minimum atomic E-state index is -0.0451. The van der Waals surface area contributed by atoms with Gasteiger partial charge in [0.05, 0.1) is 0 Å². The quantitative estimate of drug-likeness (QED) is 0.918. The number of carbonyl (C=O) groups is 2. The van der Waals surface area contributed by atoms with Gasteiger partial charge in [0.1, 0.15) is 0 Å². The van der Waals surface area contributed by atoms with Gasteiger partial charge in [-0.3, -0.25) is 9.59 Å². The molecule has 1 aliphatic rings. The summed E-state index contributed by atoms with van der Waals surface area (Å²) in [6, 6.07) is 13.2. The van der Waals surface area contributed by atoms with Crippen LogP contribution in [-0.2, 0) is 22.4 Å². The summed E-state index contributed by atoms with van der Waals surface area (Å²) in [7, 11) is 0. The van der Waals surface area contributed by atoms with Gasteiger partial charge >= 0.3 is 0 Å². The van der Waals surface area contributed by atoms with E-state index in [9.17, 15) is 9.59 Å². The van der Waals surface area contributed by atoms with E-state index in [1.165, 1.54) is 0 Å². The second-order valence-electron chi connectivity index (χ2n) is 5.90. The second-order valence-corrected chi connectivity index (χ2v) is 6.31. The summed E-state index contributed by atoms with van der Waals surface area (Å²) in [5, 5.41) is 3.61. The lowest BCUT2D eigenvalue weighted by atomic mass is 10.1. The Balaban J connectivity index is 1.61.